The number of hydrogen-bond donors (Lipinski definition) is 3. The molecule has 3 aromatic carbocycles. The number of aliphatic carboxylic acids is 1. The fourth-order valence-electron chi connectivity index (χ4n) is 5.51. The lowest BCUT2D eigenvalue weighted by Gasteiger charge is -2.42. The molecular weight excluding hydrogens is 544 g/mol. The molecule has 2 heterocycles. The van der Waals surface area contributed by atoms with Gasteiger partial charge in [0.05, 0.1) is 24.1 Å². The first-order valence-electron chi connectivity index (χ1n) is 13.7. The molecule has 3 aromatic rings. The summed E-state index contributed by atoms with van der Waals surface area (Å²) in [5.74, 6) is -1.87. The van der Waals surface area contributed by atoms with E-state index in [9.17, 15) is 28.6 Å². The van der Waals surface area contributed by atoms with Crippen LogP contribution in [-0.2, 0) is 11.3 Å². The van der Waals surface area contributed by atoms with Crippen LogP contribution in [-0.4, -0.2) is 60.4 Å². The molecule has 0 spiro atoms. The molecule has 10 heteroatoms. The third kappa shape index (κ3) is 5.36. The van der Waals surface area contributed by atoms with Crippen molar-refractivity contribution in [3.8, 4) is 5.75 Å². The van der Waals surface area contributed by atoms with Gasteiger partial charge in [0.25, 0.3) is 11.8 Å². The van der Waals surface area contributed by atoms with Gasteiger partial charge in [-0.1, -0.05) is 43.3 Å². The molecule has 1 unspecified atom stereocenters. The molecular formula is C31H34N2O7S. The third-order valence-corrected chi connectivity index (χ3v) is 9.80. The molecule has 3 N–H and O–H groups in total. The highest BCUT2D eigenvalue weighted by atomic mass is 32.3. The zero-order chi connectivity index (χ0) is 29.5. The first kappa shape index (κ1) is 28.8. The summed E-state index contributed by atoms with van der Waals surface area (Å²) in [7, 11) is -3.37. The number of para-hydroxylation sites is 1. The number of amides is 2. The first-order chi connectivity index (χ1) is 19.5. The van der Waals surface area contributed by atoms with E-state index in [0.29, 0.717) is 40.3 Å². The van der Waals surface area contributed by atoms with Crippen LogP contribution >= 0.6 is 10.8 Å². The summed E-state index contributed by atoms with van der Waals surface area (Å²) in [5, 5.41) is 9.79. The number of imide groups is 1. The Hall–Kier alpha value is -3.70. The minimum absolute atomic E-state index is 0.207. The van der Waals surface area contributed by atoms with Crippen molar-refractivity contribution in [3.05, 3.63) is 94.0 Å². The van der Waals surface area contributed by atoms with Crippen LogP contribution in [0.1, 0.15) is 75.6 Å². The van der Waals surface area contributed by atoms with E-state index in [-0.39, 0.29) is 43.0 Å². The van der Waals surface area contributed by atoms with Crippen LogP contribution in [0, 0.1) is 6.92 Å². The highest BCUT2D eigenvalue weighted by Gasteiger charge is 2.36. The van der Waals surface area contributed by atoms with Crippen molar-refractivity contribution in [3.63, 3.8) is 0 Å². The number of nitrogens with zero attached hydrogens (tertiary/aromatic N) is 2. The van der Waals surface area contributed by atoms with Crippen LogP contribution in [0.15, 0.2) is 65.6 Å². The Bertz CT molecular complexity index is 1520. The molecule has 0 aromatic heterocycles. The predicted molar refractivity (Wildman–Crippen MR) is 155 cm³/mol. The molecule has 216 valence electrons. The lowest BCUT2D eigenvalue weighted by Crippen LogP contribution is -2.34. The molecule has 2 aliphatic rings. The Morgan fingerprint density at radius 1 is 1.00 bits per heavy atom. The number of benzene rings is 3. The molecule has 0 saturated heterocycles. The third-order valence-electron chi connectivity index (χ3n) is 7.87. The number of ether oxygens (including phenoxy) is 1. The lowest BCUT2D eigenvalue weighted by atomic mass is 9.85. The van der Waals surface area contributed by atoms with Crippen molar-refractivity contribution in [2.75, 3.05) is 13.1 Å². The van der Waals surface area contributed by atoms with Gasteiger partial charge in [-0.3, -0.25) is 28.4 Å². The van der Waals surface area contributed by atoms with Crippen LogP contribution in [0.25, 0.3) is 0 Å². The Kier molecular flexibility index (Phi) is 7.93. The molecule has 0 fully saturated rings. The molecule has 0 saturated carbocycles. The summed E-state index contributed by atoms with van der Waals surface area (Å²) in [6.07, 6.45) is 0.205. The van der Waals surface area contributed by atoms with E-state index >= 15 is 0 Å². The lowest BCUT2D eigenvalue weighted by molar-refractivity contribution is -0.137. The SMILES string of the molecule is CC[C@@H]1CN(Cc2cc(C(CC(=O)O)c3ccc4c(c3)C(=O)N(CC)C4=O)ccc2C)S(O)(O)c2ccccc2O1. The predicted octanol–water partition coefficient (Wildman–Crippen LogP) is 5.92. The van der Waals surface area contributed by atoms with Gasteiger partial charge in [-0.2, -0.15) is 4.31 Å². The number of carboxylic acids is 1. The van der Waals surface area contributed by atoms with Crippen molar-refractivity contribution < 1.29 is 33.3 Å². The van der Waals surface area contributed by atoms with Crippen molar-refractivity contribution in [2.45, 2.75) is 57.1 Å². The summed E-state index contributed by atoms with van der Waals surface area (Å²) in [4.78, 5) is 38.9. The van der Waals surface area contributed by atoms with Crippen molar-refractivity contribution >= 4 is 28.6 Å². The number of carbonyl (C=O) groups is 3. The van der Waals surface area contributed by atoms with Gasteiger partial charge in [0, 0.05) is 19.0 Å². The van der Waals surface area contributed by atoms with Crippen LogP contribution in [0.4, 0.5) is 0 Å². The van der Waals surface area contributed by atoms with Gasteiger partial charge in [0.2, 0.25) is 0 Å². The van der Waals surface area contributed by atoms with Crippen LogP contribution in [0.2, 0.25) is 0 Å². The molecule has 0 aliphatic carbocycles. The second-order valence-corrected chi connectivity index (χ2v) is 12.4. The average molecular weight is 579 g/mol. The zero-order valence-electron chi connectivity index (χ0n) is 23.2. The van der Waals surface area contributed by atoms with Gasteiger partial charge < -0.3 is 9.84 Å². The van der Waals surface area contributed by atoms with E-state index in [1.165, 1.54) is 4.90 Å². The molecule has 2 aliphatic heterocycles. The maximum Gasteiger partial charge on any atom is 0.304 e. The number of fused-ring (bicyclic) bond motifs is 2. The Morgan fingerprint density at radius 2 is 1.68 bits per heavy atom. The van der Waals surface area contributed by atoms with Gasteiger partial charge in [-0.15, -0.1) is 10.8 Å². The summed E-state index contributed by atoms with van der Waals surface area (Å²) in [6.45, 7) is 6.40. The van der Waals surface area contributed by atoms with Gasteiger partial charge in [0.1, 0.15) is 16.7 Å². The summed E-state index contributed by atoms with van der Waals surface area (Å²) >= 11 is 0. The quantitative estimate of drug-likeness (QED) is 0.281. The van der Waals surface area contributed by atoms with Crippen molar-refractivity contribution in [2.24, 2.45) is 0 Å². The Morgan fingerprint density at radius 3 is 2.39 bits per heavy atom. The fourth-order valence-corrected chi connectivity index (χ4v) is 7.13. The summed E-state index contributed by atoms with van der Waals surface area (Å²) in [6, 6.07) is 17.5. The zero-order valence-corrected chi connectivity index (χ0v) is 24.1. The molecule has 2 amide bonds. The van der Waals surface area contributed by atoms with Crippen LogP contribution in [0.5, 0.6) is 5.75 Å². The molecule has 2 atom stereocenters. The van der Waals surface area contributed by atoms with Crippen LogP contribution in [0.3, 0.4) is 0 Å². The molecule has 0 bridgehead atoms. The van der Waals surface area contributed by atoms with E-state index in [1.807, 2.05) is 32.0 Å². The van der Waals surface area contributed by atoms with E-state index in [0.717, 1.165) is 11.1 Å². The monoisotopic (exact) mass is 578 g/mol. The normalized spacial score (nSPS) is 19.6. The van der Waals surface area contributed by atoms with E-state index < -0.39 is 22.7 Å². The minimum Gasteiger partial charge on any atom is -0.487 e. The number of carboxylic acid groups (broad SMARTS) is 1. The second-order valence-electron chi connectivity index (χ2n) is 10.4. The summed E-state index contributed by atoms with van der Waals surface area (Å²) < 4.78 is 30.6. The highest BCUT2D eigenvalue weighted by Crippen LogP contribution is 2.57. The van der Waals surface area contributed by atoms with Crippen LogP contribution < -0.4 is 4.74 Å². The Balaban J connectivity index is 1.52. The van der Waals surface area contributed by atoms with Gasteiger partial charge >= 0.3 is 5.97 Å². The van der Waals surface area contributed by atoms with E-state index in [2.05, 4.69) is 0 Å². The Labute approximate surface area is 240 Å². The number of hydrogen-bond acceptors (Lipinski definition) is 7. The smallest absolute Gasteiger partial charge is 0.304 e. The average Bonchev–Trinajstić information content (AvgIpc) is 3.13. The van der Waals surface area contributed by atoms with Crippen molar-refractivity contribution in [1.82, 2.24) is 9.21 Å². The second kappa shape index (κ2) is 11.3. The minimum atomic E-state index is -3.37. The van der Waals surface area contributed by atoms with E-state index in [4.69, 9.17) is 4.74 Å². The topological polar surface area (TPSA) is 128 Å². The first-order valence-corrected chi connectivity index (χ1v) is 15.2. The maximum atomic E-state index is 12.8. The summed E-state index contributed by atoms with van der Waals surface area (Å²) in [5.41, 5.74) is 3.66. The van der Waals surface area contributed by atoms with Crippen molar-refractivity contribution in [1.29, 1.82) is 0 Å². The van der Waals surface area contributed by atoms with Gasteiger partial charge in [-0.05, 0) is 66.8 Å². The number of carbonyl (C=O) groups excluding carboxylic acids is 2. The number of rotatable bonds is 8. The molecule has 41 heavy (non-hydrogen) atoms. The standard InChI is InChI=1S/C31H34N2O7S/c1-4-23-18-32(41(38,39)28-9-7-6-8-27(28)40-23)17-22-14-20(11-10-19(22)3)25(16-29(34)35)21-12-13-24-26(15-21)31(37)33(5-2)30(24)36/h6-15,23,25,38-39H,4-5,16-18H2,1-3H3,(H,34,35)/t23-,25?/m1/s1. The largest absolute Gasteiger partial charge is 0.487 e. The van der Waals surface area contributed by atoms with Gasteiger partial charge in [0.15, 0.2) is 0 Å². The van der Waals surface area contributed by atoms with Gasteiger partial charge in [-0.25, -0.2) is 0 Å². The number of aryl methyl sites for hydroxylation is 1. The fraction of sp³-hybridized carbons (Fsp3) is 0.323. The molecule has 9 nitrogen and oxygen atoms in total. The highest BCUT2D eigenvalue weighted by molar-refractivity contribution is 8.22. The molecule has 5 rings (SSSR count). The van der Waals surface area contributed by atoms with E-state index in [1.54, 1.807) is 53.7 Å². The maximum absolute atomic E-state index is 12.8. The molecule has 0 radical (unpaired) electrons.